The van der Waals surface area contributed by atoms with Crippen LogP contribution in [0.2, 0.25) is 0 Å². The number of carbonyl (C=O) groups excluding carboxylic acids is 2. The first-order chi connectivity index (χ1) is 18.6. The molecule has 0 radical (unpaired) electrons. The molecule has 3 aromatic rings. The zero-order valence-electron chi connectivity index (χ0n) is 21.0. The molecule has 0 fully saturated rings. The molecule has 38 heavy (non-hydrogen) atoms. The van der Waals surface area contributed by atoms with Crippen molar-refractivity contribution in [2.24, 2.45) is 0 Å². The van der Waals surface area contributed by atoms with Crippen molar-refractivity contribution in [2.45, 2.75) is 0 Å². The second-order valence-electron chi connectivity index (χ2n) is 7.72. The summed E-state index contributed by atoms with van der Waals surface area (Å²) in [6, 6.07) is 19.4. The fourth-order valence-corrected chi connectivity index (χ4v) is 3.05. The summed E-state index contributed by atoms with van der Waals surface area (Å²) >= 11 is 0. The topological polar surface area (TPSA) is 89.5 Å². The molecule has 0 amide bonds. The third kappa shape index (κ3) is 9.57. The zero-order chi connectivity index (χ0) is 27.0. The number of ether oxygens (including phenoxy) is 6. The largest absolute Gasteiger partial charge is 0.491 e. The van der Waals surface area contributed by atoms with Crippen LogP contribution in [0.1, 0.15) is 20.7 Å². The number of hydrogen-bond donors (Lipinski definition) is 0. The van der Waals surface area contributed by atoms with Gasteiger partial charge in [0.05, 0.1) is 37.6 Å². The normalized spacial score (nSPS) is 10.3. The second-order valence-corrected chi connectivity index (χ2v) is 7.72. The number of carbonyl (C=O) groups is 2. The number of hydrogen-bond acceptors (Lipinski definition) is 8. The van der Waals surface area contributed by atoms with Gasteiger partial charge in [-0.3, -0.25) is 0 Å². The predicted molar refractivity (Wildman–Crippen MR) is 142 cm³/mol. The highest BCUT2D eigenvalue weighted by Crippen LogP contribution is 2.21. The van der Waals surface area contributed by atoms with Gasteiger partial charge in [-0.2, -0.15) is 0 Å². The van der Waals surface area contributed by atoms with Crippen molar-refractivity contribution < 1.29 is 38.0 Å². The standard InChI is InChI=1S/C30H30O8/c1-3-17-33-19-21-35-25-9-5-23(6-10-25)29(31)37-27-13-15-28(16-14-27)38-30(32)24-7-11-26(12-8-24)36-22-20-34-18-4-2/h3-16H,1-2,17-22H2. The Morgan fingerprint density at radius 3 is 1.21 bits per heavy atom. The Labute approximate surface area is 222 Å². The lowest BCUT2D eigenvalue weighted by atomic mass is 10.2. The van der Waals surface area contributed by atoms with Gasteiger partial charge < -0.3 is 28.4 Å². The van der Waals surface area contributed by atoms with Gasteiger partial charge in [0.25, 0.3) is 0 Å². The number of esters is 2. The summed E-state index contributed by atoms with van der Waals surface area (Å²) in [4.78, 5) is 24.9. The van der Waals surface area contributed by atoms with Gasteiger partial charge >= 0.3 is 11.9 Å². The fourth-order valence-electron chi connectivity index (χ4n) is 3.05. The summed E-state index contributed by atoms with van der Waals surface area (Å²) in [5.74, 6) is 0.813. The average Bonchev–Trinajstić information content (AvgIpc) is 2.94. The molecule has 0 saturated heterocycles. The molecule has 0 N–H and O–H groups in total. The first-order valence-corrected chi connectivity index (χ1v) is 12.0. The Hall–Kier alpha value is -4.40. The van der Waals surface area contributed by atoms with E-state index < -0.39 is 11.9 Å². The highest BCUT2D eigenvalue weighted by atomic mass is 16.5. The molecule has 198 valence electrons. The molecule has 0 aliphatic carbocycles. The third-order valence-electron chi connectivity index (χ3n) is 4.89. The number of rotatable bonds is 16. The minimum Gasteiger partial charge on any atom is -0.491 e. The highest BCUT2D eigenvalue weighted by molar-refractivity contribution is 5.92. The fraction of sp³-hybridized carbons (Fsp3) is 0.200. The molecule has 3 rings (SSSR count). The van der Waals surface area contributed by atoms with Crippen LogP contribution in [0.25, 0.3) is 0 Å². The summed E-state index contributed by atoms with van der Waals surface area (Å²) in [5.41, 5.74) is 0.736. The van der Waals surface area contributed by atoms with Crippen LogP contribution in [0.3, 0.4) is 0 Å². The van der Waals surface area contributed by atoms with Crippen molar-refractivity contribution in [3.63, 3.8) is 0 Å². The van der Waals surface area contributed by atoms with E-state index in [4.69, 9.17) is 28.4 Å². The summed E-state index contributed by atoms with van der Waals surface area (Å²) in [6.07, 6.45) is 3.34. The van der Waals surface area contributed by atoms with Crippen LogP contribution in [0.4, 0.5) is 0 Å². The van der Waals surface area contributed by atoms with Crippen LogP contribution in [0.5, 0.6) is 23.0 Å². The zero-order valence-corrected chi connectivity index (χ0v) is 21.0. The van der Waals surface area contributed by atoms with Crippen LogP contribution < -0.4 is 18.9 Å². The Bertz CT molecular complexity index is 1070. The first-order valence-electron chi connectivity index (χ1n) is 12.0. The van der Waals surface area contributed by atoms with Crippen molar-refractivity contribution in [1.29, 1.82) is 0 Å². The van der Waals surface area contributed by atoms with Crippen molar-refractivity contribution in [3.8, 4) is 23.0 Å². The lowest BCUT2D eigenvalue weighted by Crippen LogP contribution is -2.10. The van der Waals surface area contributed by atoms with E-state index in [1.807, 2.05) is 0 Å². The maximum absolute atomic E-state index is 12.4. The molecular formula is C30H30O8. The van der Waals surface area contributed by atoms with Crippen LogP contribution in [-0.2, 0) is 9.47 Å². The number of benzene rings is 3. The predicted octanol–water partition coefficient (Wildman–Crippen LogP) is 5.29. The van der Waals surface area contributed by atoms with E-state index in [1.165, 1.54) is 0 Å². The van der Waals surface area contributed by atoms with Crippen LogP contribution in [0, 0.1) is 0 Å². The average molecular weight is 519 g/mol. The summed E-state index contributed by atoms with van der Waals surface area (Å²) in [5, 5.41) is 0. The minimum atomic E-state index is -0.523. The maximum Gasteiger partial charge on any atom is 0.343 e. The van der Waals surface area contributed by atoms with E-state index in [0.29, 0.717) is 73.8 Å². The molecule has 8 nitrogen and oxygen atoms in total. The van der Waals surface area contributed by atoms with Gasteiger partial charge in [-0.05, 0) is 72.8 Å². The molecule has 0 saturated carbocycles. The third-order valence-corrected chi connectivity index (χ3v) is 4.89. The molecule has 0 heterocycles. The lowest BCUT2D eigenvalue weighted by molar-refractivity contribution is 0.0719. The second kappa shape index (κ2) is 15.7. The van der Waals surface area contributed by atoms with Gasteiger partial charge in [0.2, 0.25) is 0 Å². The Kier molecular flexibility index (Phi) is 11.6. The SMILES string of the molecule is C=CCOCCOc1ccc(C(=O)Oc2ccc(OC(=O)c3ccc(OCCOCC=C)cc3)cc2)cc1. The van der Waals surface area contributed by atoms with E-state index in [1.54, 1.807) is 84.9 Å². The van der Waals surface area contributed by atoms with Crippen molar-refractivity contribution in [1.82, 2.24) is 0 Å². The van der Waals surface area contributed by atoms with E-state index in [9.17, 15) is 9.59 Å². The molecular weight excluding hydrogens is 488 g/mol. The van der Waals surface area contributed by atoms with Crippen molar-refractivity contribution >= 4 is 11.9 Å². The molecule has 0 spiro atoms. The minimum absolute atomic E-state index is 0.313. The maximum atomic E-state index is 12.4. The monoisotopic (exact) mass is 518 g/mol. The molecule has 0 bridgehead atoms. The van der Waals surface area contributed by atoms with Gasteiger partial charge in [0.15, 0.2) is 0 Å². The molecule has 0 unspecified atom stereocenters. The van der Waals surface area contributed by atoms with Gasteiger partial charge in [0.1, 0.15) is 36.2 Å². The van der Waals surface area contributed by atoms with Crippen molar-refractivity contribution in [3.05, 3.63) is 109 Å². The van der Waals surface area contributed by atoms with Crippen LogP contribution in [0.15, 0.2) is 98.1 Å². The van der Waals surface area contributed by atoms with Gasteiger partial charge in [-0.25, -0.2) is 9.59 Å². The summed E-state index contributed by atoms with van der Waals surface area (Å²) in [7, 11) is 0. The Morgan fingerprint density at radius 1 is 0.526 bits per heavy atom. The molecule has 0 aliphatic rings. The summed E-state index contributed by atoms with van der Waals surface area (Å²) in [6.45, 7) is 9.75. The van der Waals surface area contributed by atoms with E-state index in [0.717, 1.165) is 0 Å². The van der Waals surface area contributed by atoms with Gasteiger partial charge in [0, 0.05) is 0 Å². The molecule has 8 heteroatoms. The Balaban J connectivity index is 1.44. The molecule has 0 aromatic heterocycles. The smallest absolute Gasteiger partial charge is 0.343 e. The van der Waals surface area contributed by atoms with Crippen LogP contribution >= 0.6 is 0 Å². The Morgan fingerprint density at radius 2 is 0.868 bits per heavy atom. The lowest BCUT2D eigenvalue weighted by Gasteiger charge is -2.09. The van der Waals surface area contributed by atoms with Crippen molar-refractivity contribution in [2.75, 3.05) is 39.6 Å². The molecule has 0 atom stereocenters. The first kappa shape index (κ1) is 28.2. The highest BCUT2D eigenvalue weighted by Gasteiger charge is 2.12. The summed E-state index contributed by atoms with van der Waals surface area (Å²) < 4.78 is 32.4. The molecule has 0 aliphatic heterocycles. The van der Waals surface area contributed by atoms with Gasteiger partial charge in [-0.15, -0.1) is 13.2 Å². The van der Waals surface area contributed by atoms with E-state index in [2.05, 4.69) is 13.2 Å². The molecule has 3 aromatic carbocycles. The quantitative estimate of drug-likeness (QED) is 0.109. The van der Waals surface area contributed by atoms with E-state index in [-0.39, 0.29) is 0 Å². The van der Waals surface area contributed by atoms with Gasteiger partial charge in [-0.1, -0.05) is 12.2 Å². The van der Waals surface area contributed by atoms with E-state index >= 15 is 0 Å². The van der Waals surface area contributed by atoms with Crippen LogP contribution in [-0.4, -0.2) is 51.6 Å².